The lowest BCUT2D eigenvalue weighted by atomic mass is 10.1. The molecule has 2 aromatic carbocycles. The van der Waals surface area contributed by atoms with E-state index in [9.17, 15) is 18.0 Å². The van der Waals surface area contributed by atoms with Crippen molar-refractivity contribution in [3.63, 3.8) is 0 Å². The number of rotatable bonds is 4. The van der Waals surface area contributed by atoms with Crippen LogP contribution in [-0.4, -0.2) is 16.8 Å². The van der Waals surface area contributed by atoms with Crippen molar-refractivity contribution in [2.45, 2.75) is 13.1 Å². The summed E-state index contributed by atoms with van der Waals surface area (Å²) < 4.78 is 38.1. The minimum Gasteiger partial charge on any atom is -0.478 e. The van der Waals surface area contributed by atoms with Crippen LogP contribution in [0.5, 0.6) is 0 Å². The number of anilines is 1. The quantitative estimate of drug-likeness (QED) is 0.654. The van der Waals surface area contributed by atoms with E-state index in [1.54, 1.807) is 19.1 Å². The van der Waals surface area contributed by atoms with Crippen molar-refractivity contribution in [1.82, 2.24) is 0 Å². The molecule has 0 atom stereocenters. The zero-order chi connectivity index (χ0) is 17.0. The topological polar surface area (TPSA) is 61.7 Å². The lowest BCUT2D eigenvalue weighted by Gasteiger charge is -2.09. The van der Waals surface area contributed by atoms with Crippen LogP contribution in [0.1, 0.15) is 28.4 Å². The molecule has 4 nitrogen and oxygen atoms in total. The largest absolute Gasteiger partial charge is 0.478 e. The van der Waals surface area contributed by atoms with Crippen molar-refractivity contribution in [3.8, 4) is 0 Å². The number of carbonyl (C=O) groups is 1. The molecule has 0 aromatic heterocycles. The maximum Gasteiger partial charge on any atom is 0.416 e. The monoisotopic (exact) mass is 322 g/mol. The van der Waals surface area contributed by atoms with Crippen molar-refractivity contribution < 1.29 is 23.1 Å². The summed E-state index contributed by atoms with van der Waals surface area (Å²) in [6.07, 6.45) is -4.42. The first-order chi connectivity index (χ1) is 10.8. The van der Waals surface area contributed by atoms with E-state index in [4.69, 9.17) is 5.11 Å². The van der Waals surface area contributed by atoms with Gasteiger partial charge in [0.05, 0.1) is 22.5 Å². The fourth-order valence-corrected chi connectivity index (χ4v) is 1.86. The molecule has 0 spiro atoms. The Kier molecular flexibility index (Phi) is 4.68. The number of hydrazone groups is 1. The molecule has 2 N–H and O–H groups in total. The molecule has 0 unspecified atom stereocenters. The van der Waals surface area contributed by atoms with E-state index in [1.165, 1.54) is 24.3 Å². The molecule has 0 aliphatic heterocycles. The number of carboxylic acid groups (broad SMARTS) is 1. The predicted octanol–water partition coefficient (Wildman–Crippen LogP) is 4.24. The fourth-order valence-electron chi connectivity index (χ4n) is 1.86. The highest BCUT2D eigenvalue weighted by Gasteiger charge is 2.30. The van der Waals surface area contributed by atoms with Crippen molar-refractivity contribution in [2.75, 3.05) is 5.43 Å². The van der Waals surface area contributed by atoms with Crippen LogP contribution in [0, 0.1) is 0 Å². The Morgan fingerprint density at radius 1 is 1.09 bits per heavy atom. The second-order valence-electron chi connectivity index (χ2n) is 4.77. The molecular weight excluding hydrogens is 309 g/mol. The van der Waals surface area contributed by atoms with Crippen molar-refractivity contribution in [2.24, 2.45) is 5.10 Å². The van der Waals surface area contributed by atoms with E-state index < -0.39 is 17.7 Å². The van der Waals surface area contributed by atoms with Gasteiger partial charge in [-0.1, -0.05) is 18.2 Å². The Balaban J connectivity index is 2.20. The third kappa shape index (κ3) is 4.32. The van der Waals surface area contributed by atoms with Crippen molar-refractivity contribution in [3.05, 3.63) is 65.2 Å². The molecule has 23 heavy (non-hydrogen) atoms. The number of hydrogen-bond acceptors (Lipinski definition) is 3. The smallest absolute Gasteiger partial charge is 0.416 e. The SMILES string of the molecule is C/C(=N\Nc1cccc(C(=O)O)c1)c1cccc(C(F)(F)F)c1. The van der Waals surface area contributed by atoms with Gasteiger partial charge in [0.15, 0.2) is 0 Å². The first kappa shape index (κ1) is 16.5. The van der Waals surface area contributed by atoms with Gasteiger partial charge in [-0.25, -0.2) is 4.79 Å². The van der Waals surface area contributed by atoms with E-state index in [1.807, 2.05) is 0 Å². The molecule has 0 aliphatic rings. The number of nitrogens with one attached hydrogen (secondary N) is 1. The van der Waals surface area contributed by atoms with E-state index in [0.717, 1.165) is 12.1 Å². The average molecular weight is 322 g/mol. The van der Waals surface area contributed by atoms with Gasteiger partial charge >= 0.3 is 12.1 Å². The van der Waals surface area contributed by atoms with Crippen LogP contribution in [-0.2, 0) is 6.18 Å². The van der Waals surface area contributed by atoms with Crippen LogP contribution < -0.4 is 5.43 Å². The van der Waals surface area contributed by atoms with Gasteiger partial charge in [0.1, 0.15) is 0 Å². The maximum atomic E-state index is 12.7. The van der Waals surface area contributed by atoms with E-state index in [-0.39, 0.29) is 5.56 Å². The highest BCUT2D eigenvalue weighted by Crippen LogP contribution is 2.29. The molecule has 0 amide bonds. The number of carboxylic acids is 1. The number of hydrogen-bond donors (Lipinski definition) is 2. The molecule has 0 heterocycles. The van der Waals surface area contributed by atoms with Gasteiger partial charge in [0.2, 0.25) is 0 Å². The lowest BCUT2D eigenvalue weighted by Crippen LogP contribution is -2.07. The molecule has 2 rings (SSSR count). The molecule has 0 bridgehead atoms. The van der Waals surface area contributed by atoms with Gasteiger partial charge in [-0.2, -0.15) is 18.3 Å². The number of halogens is 3. The normalized spacial score (nSPS) is 12.1. The summed E-state index contributed by atoms with van der Waals surface area (Å²) in [6, 6.07) is 10.8. The Labute approximate surface area is 130 Å². The third-order valence-electron chi connectivity index (χ3n) is 3.07. The summed E-state index contributed by atoms with van der Waals surface area (Å²) in [5.41, 5.74) is 3.06. The summed E-state index contributed by atoms with van der Waals surface area (Å²) >= 11 is 0. The van der Waals surface area contributed by atoms with E-state index >= 15 is 0 Å². The molecular formula is C16H13F3N2O2. The summed E-state index contributed by atoms with van der Waals surface area (Å²) in [6.45, 7) is 1.56. The van der Waals surface area contributed by atoms with Crippen LogP contribution in [0.15, 0.2) is 53.6 Å². The minimum atomic E-state index is -4.42. The van der Waals surface area contributed by atoms with E-state index in [0.29, 0.717) is 17.0 Å². The van der Waals surface area contributed by atoms with Crippen LogP contribution in [0.4, 0.5) is 18.9 Å². The summed E-state index contributed by atoms with van der Waals surface area (Å²) in [5, 5.41) is 12.9. The molecule has 120 valence electrons. The third-order valence-corrected chi connectivity index (χ3v) is 3.07. The zero-order valence-electron chi connectivity index (χ0n) is 12.1. The Bertz CT molecular complexity index is 755. The van der Waals surface area contributed by atoms with Gasteiger partial charge in [-0.3, -0.25) is 5.43 Å². The Hall–Kier alpha value is -2.83. The Morgan fingerprint density at radius 2 is 1.74 bits per heavy atom. The summed E-state index contributed by atoms with van der Waals surface area (Å²) in [5.74, 6) is -1.08. The second kappa shape index (κ2) is 6.51. The van der Waals surface area contributed by atoms with Crippen LogP contribution in [0.3, 0.4) is 0 Å². The molecule has 0 saturated heterocycles. The summed E-state index contributed by atoms with van der Waals surface area (Å²) in [4.78, 5) is 10.9. The highest BCUT2D eigenvalue weighted by atomic mass is 19.4. The van der Waals surface area contributed by atoms with Gasteiger partial charge in [0.25, 0.3) is 0 Å². The van der Waals surface area contributed by atoms with Crippen molar-refractivity contribution in [1.29, 1.82) is 0 Å². The van der Waals surface area contributed by atoms with Crippen LogP contribution >= 0.6 is 0 Å². The average Bonchev–Trinajstić information content (AvgIpc) is 2.52. The second-order valence-corrected chi connectivity index (χ2v) is 4.77. The standard InChI is InChI=1S/C16H13F3N2O2/c1-10(11-4-2-6-13(8-11)16(17,18)19)20-21-14-7-3-5-12(9-14)15(22)23/h2-9,21H,1H3,(H,22,23)/b20-10+. The first-order valence-electron chi connectivity index (χ1n) is 6.58. The van der Waals surface area contributed by atoms with Gasteiger partial charge in [0, 0.05) is 0 Å². The molecule has 0 saturated carbocycles. The van der Waals surface area contributed by atoms with Gasteiger partial charge in [-0.15, -0.1) is 0 Å². The van der Waals surface area contributed by atoms with Crippen LogP contribution in [0.25, 0.3) is 0 Å². The zero-order valence-corrected chi connectivity index (χ0v) is 12.1. The minimum absolute atomic E-state index is 0.0851. The maximum absolute atomic E-state index is 12.7. The lowest BCUT2D eigenvalue weighted by molar-refractivity contribution is -0.137. The summed E-state index contributed by atoms with van der Waals surface area (Å²) in [7, 11) is 0. The first-order valence-corrected chi connectivity index (χ1v) is 6.58. The van der Waals surface area contributed by atoms with Gasteiger partial charge < -0.3 is 5.11 Å². The van der Waals surface area contributed by atoms with Crippen molar-refractivity contribution >= 4 is 17.4 Å². The number of aromatic carboxylic acids is 1. The number of nitrogens with zero attached hydrogens (tertiary/aromatic N) is 1. The molecule has 0 radical (unpaired) electrons. The number of alkyl halides is 3. The van der Waals surface area contributed by atoms with E-state index in [2.05, 4.69) is 10.5 Å². The predicted molar refractivity (Wildman–Crippen MR) is 80.7 cm³/mol. The van der Waals surface area contributed by atoms with Gasteiger partial charge in [-0.05, 0) is 42.8 Å². The molecule has 7 heteroatoms. The molecule has 0 aliphatic carbocycles. The fraction of sp³-hybridized carbons (Fsp3) is 0.125. The number of benzene rings is 2. The molecule has 2 aromatic rings. The highest BCUT2D eigenvalue weighted by molar-refractivity contribution is 5.99. The Morgan fingerprint density at radius 3 is 2.39 bits per heavy atom. The molecule has 0 fully saturated rings. The van der Waals surface area contributed by atoms with Crippen LogP contribution in [0.2, 0.25) is 0 Å².